The van der Waals surface area contributed by atoms with E-state index in [-0.39, 0.29) is 0 Å². The number of nitrogens with zero attached hydrogens (tertiary/aromatic N) is 1. The summed E-state index contributed by atoms with van der Waals surface area (Å²) in [4.78, 5) is 2.61. The molecule has 0 radical (unpaired) electrons. The summed E-state index contributed by atoms with van der Waals surface area (Å²) >= 11 is 0. The van der Waals surface area contributed by atoms with E-state index in [2.05, 4.69) is 24.1 Å². The SMILES string of the molecule is COCCN(CC(C)C)C1CCNCC1. The fraction of sp³-hybridized carbons (Fsp3) is 1.00. The van der Waals surface area contributed by atoms with E-state index < -0.39 is 0 Å². The molecule has 3 nitrogen and oxygen atoms in total. The minimum atomic E-state index is 0.747. The lowest BCUT2D eigenvalue weighted by molar-refractivity contribution is 0.0956. The van der Waals surface area contributed by atoms with Gasteiger partial charge in [-0.05, 0) is 31.8 Å². The summed E-state index contributed by atoms with van der Waals surface area (Å²) in [5.41, 5.74) is 0. The first kappa shape index (κ1) is 12.9. The highest BCUT2D eigenvalue weighted by molar-refractivity contribution is 4.78. The van der Waals surface area contributed by atoms with Crippen molar-refractivity contribution in [2.75, 3.05) is 39.9 Å². The van der Waals surface area contributed by atoms with Crippen LogP contribution < -0.4 is 5.32 Å². The first-order valence-electron chi connectivity index (χ1n) is 6.17. The summed E-state index contributed by atoms with van der Waals surface area (Å²) in [6, 6.07) is 0.767. The molecule has 0 aromatic heterocycles. The van der Waals surface area contributed by atoms with Gasteiger partial charge in [-0.1, -0.05) is 13.8 Å². The van der Waals surface area contributed by atoms with Crippen molar-refractivity contribution in [3.8, 4) is 0 Å². The fourth-order valence-electron chi connectivity index (χ4n) is 2.27. The van der Waals surface area contributed by atoms with E-state index in [1.165, 1.54) is 32.5 Å². The lowest BCUT2D eigenvalue weighted by atomic mass is 10.0. The van der Waals surface area contributed by atoms with E-state index >= 15 is 0 Å². The molecule has 0 amide bonds. The Bertz CT molecular complexity index is 156. The Morgan fingerprint density at radius 2 is 2.00 bits per heavy atom. The largest absolute Gasteiger partial charge is 0.383 e. The maximum atomic E-state index is 5.19. The second kappa shape index (κ2) is 7.20. The monoisotopic (exact) mass is 214 g/mol. The maximum Gasteiger partial charge on any atom is 0.0589 e. The van der Waals surface area contributed by atoms with Crippen molar-refractivity contribution in [3.05, 3.63) is 0 Å². The molecule has 0 atom stereocenters. The molecule has 15 heavy (non-hydrogen) atoms. The summed E-state index contributed by atoms with van der Waals surface area (Å²) in [6.45, 7) is 10.1. The molecule has 0 unspecified atom stereocenters. The molecule has 1 saturated heterocycles. The van der Waals surface area contributed by atoms with Gasteiger partial charge in [0.2, 0.25) is 0 Å². The van der Waals surface area contributed by atoms with Gasteiger partial charge >= 0.3 is 0 Å². The minimum Gasteiger partial charge on any atom is -0.383 e. The molecular weight excluding hydrogens is 188 g/mol. The Balaban J connectivity index is 2.37. The van der Waals surface area contributed by atoms with Gasteiger partial charge in [0, 0.05) is 26.2 Å². The Morgan fingerprint density at radius 1 is 1.33 bits per heavy atom. The molecular formula is C12H26N2O. The van der Waals surface area contributed by atoms with Crippen LogP contribution in [-0.4, -0.2) is 50.8 Å². The van der Waals surface area contributed by atoms with E-state index in [9.17, 15) is 0 Å². The van der Waals surface area contributed by atoms with Crippen LogP contribution in [-0.2, 0) is 4.74 Å². The molecule has 1 rings (SSSR count). The molecule has 0 saturated carbocycles. The number of methoxy groups -OCH3 is 1. The topological polar surface area (TPSA) is 24.5 Å². The number of hydrogen-bond acceptors (Lipinski definition) is 3. The van der Waals surface area contributed by atoms with Crippen LogP contribution in [0.2, 0.25) is 0 Å². The van der Waals surface area contributed by atoms with E-state index in [0.29, 0.717) is 0 Å². The summed E-state index contributed by atoms with van der Waals surface area (Å²) < 4.78 is 5.19. The van der Waals surface area contributed by atoms with Crippen molar-refractivity contribution in [2.45, 2.75) is 32.7 Å². The Kier molecular flexibility index (Phi) is 6.22. The van der Waals surface area contributed by atoms with Gasteiger partial charge in [0.25, 0.3) is 0 Å². The standard InChI is InChI=1S/C12H26N2O/c1-11(2)10-14(8-9-15-3)12-4-6-13-7-5-12/h11-13H,4-10H2,1-3H3. The van der Waals surface area contributed by atoms with E-state index in [4.69, 9.17) is 4.74 Å². The number of piperidine rings is 1. The van der Waals surface area contributed by atoms with Crippen molar-refractivity contribution >= 4 is 0 Å². The molecule has 1 N–H and O–H groups in total. The second-order valence-electron chi connectivity index (χ2n) is 4.86. The average molecular weight is 214 g/mol. The third-order valence-electron chi connectivity index (χ3n) is 3.01. The smallest absolute Gasteiger partial charge is 0.0589 e. The summed E-state index contributed by atoms with van der Waals surface area (Å²) in [6.07, 6.45) is 2.58. The third kappa shape index (κ3) is 4.96. The zero-order valence-electron chi connectivity index (χ0n) is 10.5. The van der Waals surface area contributed by atoms with Crippen molar-refractivity contribution in [3.63, 3.8) is 0 Å². The quantitative estimate of drug-likeness (QED) is 0.722. The molecule has 0 aliphatic carbocycles. The number of hydrogen-bond donors (Lipinski definition) is 1. The van der Waals surface area contributed by atoms with Crippen LogP contribution in [0.5, 0.6) is 0 Å². The van der Waals surface area contributed by atoms with E-state index in [0.717, 1.165) is 25.1 Å². The zero-order valence-corrected chi connectivity index (χ0v) is 10.5. The van der Waals surface area contributed by atoms with E-state index in [1.807, 2.05) is 0 Å². The van der Waals surface area contributed by atoms with Gasteiger partial charge in [-0.25, -0.2) is 0 Å². The third-order valence-corrected chi connectivity index (χ3v) is 3.01. The van der Waals surface area contributed by atoms with Crippen LogP contribution in [0.15, 0.2) is 0 Å². The van der Waals surface area contributed by atoms with Gasteiger partial charge in [0.1, 0.15) is 0 Å². The van der Waals surface area contributed by atoms with Gasteiger partial charge in [0.15, 0.2) is 0 Å². The summed E-state index contributed by atoms with van der Waals surface area (Å²) in [7, 11) is 1.79. The van der Waals surface area contributed by atoms with Crippen molar-refractivity contribution < 1.29 is 4.74 Å². The molecule has 1 heterocycles. The predicted octanol–water partition coefficient (Wildman–Crippen LogP) is 1.34. The lowest BCUT2D eigenvalue weighted by Gasteiger charge is -2.35. The van der Waals surface area contributed by atoms with Crippen molar-refractivity contribution in [1.29, 1.82) is 0 Å². The highest BCUT2D eigenvalue weighted by Gasteiger charge is 2.20. The first-order valence-corrected chi connectivity index (χ1v) is 6.17. The Morgan fingerprint density at radius 3 is 2.53 bits per heavy atom. The Labute approximate surface area is 94.2 Å². The van der Waals surface area contributed by atoms with Gasteiger partial charge in [0.05, 0.1) is 6.61 Å². The molecule has 3 heteroatoms. The number of nitrogens with one attached hydrogen (secondary N) is 1. The molecule has 0 bridgehead atoms. The highest BCUT2D eigenvalue weighted by atomic mass is 16.5. The van der Waals surface area contributed by atoms with Crippen molar-refractivity contribution in [2.24, 2.45) is 5.92 Å². The molecule has 0 spiro atoms. The fourth-order valence-corrected chi connectivity index (χ4v) is 2.27. The summed E-state index contributed by atoms with van der Waals surface area (Å²) in [5, 5.41) is 3.42. The minimum absolute atomic E-state index is 0.747. The molecule has 1 aliphatic rings. The molecule has 1 aliphatic heterocycles. The number of ether oxygens (including phenoxy) is 1. The van der Waals surface area contributed by atoms with Gasteiger partial charge in [-0.3, -0.25) is 4.90 Å². The van der Waals surface area contributed by atoms with E-state index in [1.54, 1.807) is 7.11 Å². The van der Waals surface area contributed by atoms with Crippen molar-refractivity contribution in [1.82, 2.24) is 10.2 Å². The number of rotatable bonds is 6. The Hall–Kier alpha value is -0.120. The summed E-state index contributed by atoms with van der Waals surface area (Å²) in [5.74, 6) is 0.747. The van der Waals surface area contributed by atoms with Crippen LogP contribution in [0.25, 0.3) is 0 Å². The highest BCUT2D eigenvalue weighted by Crippen LogP contribution is 2.13. The second-order valence-corrected chi connectivity index (χ2v) is 4.86. The van der Waals surface area contributed by atoms with Crippen LogP contribution in [0.1, 0.15) is 26.7 Å². The van der Waals surface area contributed by atoms with Gasteiger partial charge in [-0.15, -0.1) is 0 Å². The lowest BCUT2D eigenvalue weighted by Crippen LogP contribution is -2.45. The zero-order chi connectivity index (χ0) is 11.1. The van der Waals surface area contributed by atoms with Crippen LogP contribution in [0, 0.1) is 5.92 Å². The van der Waals surface area contributed by atoms with Crippen LogP contribution in [0.3, 0.4) is 0 Å². The van der Waals surface area contributed by atoms with Crippen LogP contribution >= 0.6 is 0 Å². The van der Waals surface area contributed by atoms with Crippen LogP contribution in [0.4, 0.5) is 0 Å². The first-order chi connectivity index (χ1) is 7.24. The molecule has 90 valence electrons. The predicted molar refractivity (Wildman–Crippen MR) is 64.2 cm³/mol. The van der Waals surface area contributed by atoms with Gasteiger partial charge < -0.3 is 10.1 Å². The molecule has 1 fully saturated rings. The van der Waals surface area contributed by atoms with Gasteiger partial charge in [-0.2, -0.15) is 0 Å². The normalized spacial score (nSPS) is 19.0. The maximum absolute atomic E-state index is 5.19. The molecule has 0 aromatic carbocycles. The molecule has 0 aromatic rings. The average Bonchev–Trinajstić information content (AvgIpc) is 2.25.